The number of rotatable bonds is 2. The Kier molecular flexibility index (Phi) is 3.92. The minimum Gasteiger partial charge on any atom is -0.328 e. The molecule has 2 atom stereocenters. The van der Waals surface area contributed by atoms with E-state index in [0.29, 0.717) is 6.04 Å². The lowest BCUT2D eigenvalue weighted by molar-refractivity contribution is 0.0623. The highest BCUT2D eigenvalue weighted by Crippen LogP contribution is 2.31. The van der Waals surface area contributed by atoms with Crippen molar-refractivity contribution in [2.24, 2.45) is 5.73 Å². The third-order valence-electron chi connectivity index (χ3n) is 5.69. The maximum absolute atomic E-state index is 6.02. The predicted octanol–water partition coefficient (Wildman–Crippen LogP) is 1.81. The first kappa shape index (κ1) is 12.9. The Morgan fingerprint density at radius 1 is 0.944 bits per heavy atom. The van der Waals surface area contributed by atoms with Gasteiger partial charge in [0.1, 0.15) is 0 Å². The summed E-state index contributed by atoms with van der Waals surface area (Å²) >= 11 is 0. The summed E-state index contributed by atoms with van der Waals surface area (Å²) in [5, 5.41) is 0. The molecule has 0 radical (unpaired) electrons. The largest absolute Gasteiger partial charge is 0.328 e. The lowest BCUT2D eigenvalue weighted by atomic mass is 9.88. The van der Waals surface area contributed by atoms with Gasteiger partial charge < -0.3 is 15.5 Å². The number of hydrogen-bond acceptors (Lipinski definition) is 3. The van der Waals surface area contributed by atoms with E-state index in [2.05, 4.69) is 16.8 Å². The van der Waals surface area contributed by atoms with Gasteiger partial charge >= 0.3 is 0 Å². The van der Waals surface area contributed by atoms with Crippen LogP contribution in [0.15, 0.2) is 0 Å². The molecule has 0 spiro atoms. The molecule has 104 valence electrons. The van der Waals surface area contributed by atoms with Gasteiger partial charge in [0.05, 0.1) is 0 Å². The Morgan fingerprint density at radius 2 is 1.72 bits per heavy atom. The normalized spacial score (nSPS) is 42.2. The molecule has 2 N–H and O–H groups in total. The highest BCUT2D eigenvalue weighted by Gasteiger charge is 2.35. The predicted molar refractivity (Wildman–Crippen MR) is 75.6 cm³/mol. The summed E-state index contributed by atoms with van der Waals surface area (Å²) < 4.78 is 0. The van der Waals surface area contributed by atoms with Gasteiger partial charge in [-0.05, 0) is 71.5 Å². The van der Waals surface area contributed by atoms with E-state index >= 15 is 0 Å². The summed E-state index contributed by atoms with van der Waals surface area (Å²) in [5.74, 6) is 0. The van der Waals surface area contributed by atoms with E-state index in [-0.39, 0.29) is 0 Å². The highest BCUT2D eigenvalue weighted by atomic mass is 15.2. The van der Waals surface area contributed by atoms with Crippen LogP contribution < -0.4 is 5.73 Å². The number of nitrogens with two attached hydrogens (primary N) is 1. The van der Waals surface area contributed by atoms with Gasteiger partial charge in [0.25, 0.3) is 0 Å². The van der Waals surface area contributed by atoms with Crippen LogP contribution in [-0.2, 0) is 0 Å². The van der Waals surface area contributed by atoms with Crippen molar-refractivity contribution in [3.63, 3.8) is 0 Å². The van der Waals surface area contributed by atoms with E-state index in [4.69, 9.17) is 5.73 Å². The van der Waals surface area contributed by atoms with Crippen molar-refractivity contribution in [3.05, 3.63) is 0 Å². The summed E-state index contributed by atoms with van der Waals surface area (Å²) in [6.07, 6.45) is 10.8. The maximum Gasteiger partial charge on any atom is 0.0122 e. The van der Waals surface area contributed by atoms with Crippen molar-refractivity contribution < 1.29 is 0 Å². The maximum atomic E-state index is 6.02. The quantitative estimate of drug-likeness (QED) is 0.812. The molecule has 2 heterocycles. The van der Waals surface area contributed by atoms with E-state index < -0.39 is 0 Å². The summed E-state index contributed by atoms with van der Waals surface area (Å²) in [6, 6.07) is 3.02. The standard InChI is InChI=1S/C15H29N3/c1-17(13-6-4-12(16)5-7-13)14-8-10-18-9-2-3-15(18)11-14/h12-15H,2-11,16H2,1H3. The smallest absolute Gasteiger partial charge is 0.0122 e. The van der Waals surface area contributed by atoms with Crippen molar-refractivity contribution in [2.45, 2.75) is 75.5 Å². The van der Waals surface area contributed by atoms with Crippen molar-refractivity contribution in [3.8, 4) is 0 Å². The molecular formula is C15H29N3. The molecule has 3 nitrogen and oxygen atoms in total. The van der Waals surface area contributed by atoms with Crippen LogP contribution >= 0.6 is 0 Å². The van der Waals surface area contributed by atoms with Gasteiger partial charge in [0.15, 0.2) is 0 Å². The fourth-order valence-corrected chi connectivity index (χ4v) is 4.38. The van der Waals surface area contributed by atoms with Crippen molar-refractivity contribution >= 4 is 0 Å². The fourth-order valence-electron chi connectivity index (χ4n) is 4.38. The van der Waals surface area contributed by atoms with Crippen molar-refractivity contribution in [2.75, 3.05) is 20.1 Å². The second-order valence-corrected chi connectivity index (χ2v) is 6.74. The molecule has 0 aromatic heterocycles. The average molecular weight is 251 g/mol. The van der Waals surface area contributed by atoms with Gasteiger partial charge in [0.2, 0.25) is 0 Å². The molecule has 2 aliphatic heterocycles. The summed E-state index contributed by atoms with van der Waals surface area (Å²) in [4.78, 5) is 5.43. The van der Waals surface area contributed by atoms with Gasteiger partial charge in [-0.1, -0.05) is 0 Å². The molecule has 0 bridgehead atoms. The van der Waals surface area contributed by atoms with Crippen LogP contribution in [0.25, 0.3) is 0 Å². The lowest BCUT2D eigenvalue weighted by Gasteiger charge is -2.43. The highest BCUT2D eigenvalue weighted by molar-refractivity contribution is 4.92. The zero-order valence-corrected chi connectivity index (χ0v) is 11.9. The summed E-state index contributed by atoms with van der Waals surface area (Å²) in [7, 11) is 2.37. The van der Waals surface area contributed by atoms with Gasteiger partial charge in [-0.3, -0.25) is 0 Å². The Morgan fingerprint density at radius 3 is 2.50 bits per heavy atom. The number of fused-ring (bicyclic) bond motifs is 1. The number of hydrogen-bond donors (Lipinski definition) is 1. The molecule has 1 aliphatic carbocycles. The molecule has 2 unspecified atom stereocenters. The average Bonchev–Trinajstić information content (AvgIpc) is 2.86. The topological polar surface area (TPSA) is 32.5 Å². The zero-order valence-electron chi connectivity index (χ0n) is 11.9. The van der Waals surface area contributed by atoms with E-state index in [1.54, 1.807) is 0 Å². The van der Waals surface area contributed by atoms with Crippen LogP contribution in [0.3, 0.4) is 0 Å². The summed E-state index contributed by atoms with van der Waals surface area (Å²) in [5.41, 5.74) is 6.02. The van der Waals surface area contributed by atoms with E-state index in [1.807, 2.05) is 0 Å². The van der Waals surface area contributed by atoms with Crippen molar-refractivity contribution in [1.82, 2.24) is 9.80 Å². The van der Waals surface area contributed by atoms with Gasteiger partial charge in [-0.15, -0.1) is 0 Å². The fraction of sp³-hybridized carbons (Fsp3) is 1.00. The van der Waals surface area contributed by atoms with Crippen LogP contribution in [0.2, 0.25) is 0 Å². The first-order valence-electron chi connectivity index (χ1n) is 7.95. The second-order valence-electron chi connectivity index (χ2n) is 6.74. The number of nitrogens with zero attached hydrogens (tertiary/aromatic N) is 2. The van der Waals surface area contributed by atoms with E-state index in [0.717, 1.165) is 18.1 Å². The van der Waals surface area contributed by atoms with Crippen LogP contribution in [0, 0.1) is 0 Å². The Hall–Kier alpha value is -0.120. The van der Waals surface area contributed by atoms with Crippen LogP contribution in [0.4, 0.5) is 0 Å². The Balaban J connectivity index is 1.54. The zero-order chi connectivity index (χ0) is 12.5. The Bertz CT molecular complexity index is 273. The van der Waals surface area contributed by atoms with Crippen LogP contribution in [-0.4, -0.2) is 54.1 Å². The molecule has 3 aliphatic rings. The minimum atomic E-state index is 0.478. The number of piperidine rings is 1. The molecular weight excluding hydrogens is 222 g/mol. The van der Waals surface area contributed by atoms with E-state index in [9.17, 15) is 0 Å². The molecule has 18 heavy (non-hydrogen) atoms. The van der Waals surface area contributed by atoms with Gasteiger partial charge in [-0.25, -0.2) is 0 Å². The van der Waals surface area contributed by atoms with Crippen molar-refractivity contribution in [1.29, 1.82) is 0 Å². The van der Waals surface area contributed by atoms with Gasteiger partial charge in [0, 0.05) is 24.2 Å². The summed E-state index contributed by atoms with van der Waals surface area (Å²) in [6.45, 7) is 2.70. The molecule has 2 saturated heterocycles. The first-order chi connectivity index (χ1) is 8.74. The molecule has 0 aromatic rings. The molecule has 3 fully saturated rings. The molecule has 3 rings (SSSR count). The van der Waals surface area contributed by atoms with Gasteiger partial charge in [-0.2, -0.15) is 0 Å². The first-order valence-corrected chi connectivity index (χ1v) is 7.95. The molecule has 0 amide bonds. The molecule has 0 aromatic carbocycles. The minimum absolute atomic E-state index is 0.478. The third kappa shape index (κ3) is 2.59. The monoisotopic (exact) mass is 251 g/mol. The second kappa shape index (κ2) is 5.48. The van der Waals surface area contributed by atoms with Crippen LogP contribution in [0.1, 0.15) is 51.4 Å². The lowest BCUT2D eigenvalue weighted by Crippen LogP contribution is -2.50. The van der Waals surface area contributed by atoms with Crippen LogP contribution in [0.5, 0.6) is 0 Å². The molecule has 3 heteroatoms. The SMILES string of the molecule is CN(C1CCC(N)CC1)C1CCN2CCCC2C1. The molecule has 1 saturated carbocycles. The Labute approximate surface area is 112 Å². The van der Waals surface area contributed by atoms with E-state index in [1.165, 1.54) is 64.5 Å². The third-order valence-corrected chi connectivity index (χ3v) is 5.69.